The van der Waals surface area contributed by atoms with E-state index in [0.717, 1.165) is 18.4 Å². The van der Waals surface area contributed by atoms with Crippen molar-refractivity contribution in [1.29, 1.82) is 0 Å². The zero-order chi connectivity index (χ0) is 15.1. The maximum absolute atomic E-state index is 12.3. The number of aromatic nitrogens is 2. The van der Waals surface area contributed by atoms with Crippen molar-refractivity contribution in [3.8, 4) is 0 Å². The Kier molecular flexibility index (Phi) is 5.49. The number of nitrogens with zero attached hydrogens (tertiary/aromatic N) is 3. The van der Waals surface area contributed by atoms with Crippen LogP contribution in [-0.4, -0.2) is 34.1 Å². The normalized spacial score (nSPS) is 10.6. The fourth-order valence-corrected chi connectivity index (χ4v) is 2.17. The highest BCUT2D eigenvalue weighted by Gasteiger charge is 2.20. The van der Waals surface area contributed by atoms with Crippen LogP contribution >= 0.6 is 0 Å². The molecule has 5 nitrogen and oxygen atoms in total. The third-order valence-electron chi connectivity index (χ3n) is 3.12. The molecule has 0 bridgehead atoms. The highest BCUT2D eigenvalue weighted by Crippen LogP contribution is 2.10. The summed E-state index contributed by atoms with van der Waals surface area (Å²) in [4.78, 5) is 14.1. The van der Waals surface area contributed by atoms with E-state index in [1.807, 2.05) is 44.2 Å². The van der Waals surface area contributed by atoms with Crippen molar-refractivity contribution < 1.29 is 9.21 Å². The predicted octanol–water partition coefficient (Wildman–Crippen LogP) is 2.92. The standard InChI is InChI=1S/C16H21N3O2/c1-3-10-19(11-4-2)16(20)15-18-17-14(21-15)12-13-8-6-5-7-9-13/h5-9H,3-4,10-12H2,1-2H3. The summed E-state index contributed by atoms with van der Waals surface area (Å²) in [6.45, 7) is 5.52. The number of hydrogen-bond donors (Lipinski definition) is 0. The van der Waals surface area contributed by atoms with Crippen LogP contribution in [0.15, 0.2) is 34.7 Å². The first kappa shape index (κ1) is 15.2. The van der Waals surface area contributed by atoms with Gasteiger partial charge in [-0.25, -0.2) is 0 Å². The molecule has 0 unspecified atom stereocenters. The van der Waals surface area contributed by atoms with E-state index < -0.39 is 0 Å². The average molecular weight is 287 g/mol. The minimum atomic E-state index is -0.175. The average Bonchev–Trinajstić information content (AvgIpc) is 2.96. The molecule has 1 heterocycles. The smallest absolute Gasteiger partial charge is 0.311 e. The van der Waals surface area contributed by atoms with Crippen LogP contribution in [-0.2, 0) is 6.42 Å². The van der Waals surface area contributed by atoms with Gasteiger partial charge in [0, 0.05) is 13.1 Å². The van der Waals surface area contributed by atoms with Crippen molar-refractivity contribution in [2.45, 2.75) is 33.1 Å². The topological polar surface area (TPSA) is 59.2 Å². The SMILES string of the molecule is CCCN(CCC)C(=O)c1nnc(Cc2ccccc2)o1. The Morgan fingerprint density at radius 3 is 2.38 bits per heavy atom. The van der Waals surface area contributed by atoms with Crippen molar-refractivity contribution in [1.82, 2.24) is 15.1 Å². The molecular formula is C16H21N3O2. The van der Waals surface area contributed by atoms with Crippen molar-refractivity contribution in [2.24, 2.45) is 0 Å². The number of carbonyl (C=O) groups is 1. The lowest BCUT2D eigenvalue weighted by Crippen LogP contribution is -2.32. The van der Waals surface area contributed by atoms with Crippen molar-refractivity contribution in [3.63, 3.8) is 0 Å². The molecule has 112 valence electrons. The molecule has 0 aliphatic heterocycles. The summed E-state index contributed by atoms with van der Waals surface area (Å²) in [6, 6.07) is 9.86. The maximum Gasteiger partial charge on any atom is 0.311 e. The molecule has 2 aromatic rings. The van der Waals surface area contributed by atoms with Gasteiger partial charge in [0.05, 0.1) is 6.42 Å². The lowest BCUT2D eigenvalue weighted by atomic mass is 10.2. The molecule has 0 N–H and O–H groups in total. The van der Waals surface area contributed by atoms with E-state index in [-0.39, 0.29) is 11.8 Å². The van der Waals surface area contributed by atoms with Gasteiger partial charge in [-0.05, 0) is 18.4 Å². The van der Waals surface area contributed by atoms with Crippen LogP contribution in [0.2, 0.25) is 0 Å². The Hall–Kier alpha value is -2.17. The highest BCUT2D eigenvalue weighted by molar-refractivity contribution is 5.89. The fourth-order valence-electron chi connectivity index (χ4n) is 2.17. The van der Waals surface area contributed by atoms with E-state index in [4.69, 9.17) is 4.42 Å². The summed E-state index contributed by atoms with van der Waals surface area (Å²) in [7, 11) is 0. The summed E-state index contributed by atoms with van der Waals surface area (Å²) in [5.41, 5.74) is 1.08. The fraction of sp³-hybridized carbons (Fsp3) is 0.438. The Labute approximate surface area is 125 Å². The number of carbonyl (C=O) groups excluding carboxylic acids is 1. The molecule has 1 aromatic heterocycles. The van der Waals surface area contributed by atoms with Gasteiger partial charge in [0.2, 0.25) is 5.89 Å². The second-order valence-electron chi connectivity index (χ2n) is 4.96. The zero-order valence-corrected chi connectivity index (χ0v) is 12.6. The van der Waals surface area contributed by atoms with Crippen LogP contribution < -0.4 is 0 Å². The van der Waals surface area contributed by atoms with Gasteiger partial charge in [-0.2, -0.15) is 0 Å². The molecule has 5 heteroatoms. The Morgan fingerprint density at radius 1 is 1.10 bits per heavy atom. The molecule has 0 radical (unpaired) electrons. The zero-order valence-electron chi connectivity index (χ0n) is 12.6. The lowest BCUT2D eigenvalue weighted by Gasteiger charge is -2.18. The van der Waals surface area contributed by atoms with Crippen LogP contribution in [0.25, 0.3) is 0 Å². The minimum absolute atomic E-state index is 0.0860. The molecule has 0 atom stereocenters. The number of rotatable bonds is 7. The molecule has 1 aromatic carbocycles. The Balaban J connectivity index is 2.06. The third kappa shape index (κ3) is 4.15. The molecule has 1 amide bonds. The summed E-state index contributed by atoms with van der Waals surface area (Å²) < 4.78 is 5.51. The van der Waals surface area contributed by atoms with Gasteiger partial charge in [-0.1, -0.05) is 44.2 Å². The van der Waals surface area contributed by atoms with Crippen LogP contribution in [0.4, 0.5) is 0 Å². The Bertz CT molecular complexity index is 560. The first-order chi connectivity index (χ1) is 10.2. The van der Waals surface area contributed by atoms with Gasteiger partial charge in [0.1, 0.15) is 0 Å². The molecule has 0 saturated heterocycles. The van der Waals surface area contributed by atoms with E-state index in [0.29, 0.717) is 25.4 Å². The molecule has 0 saturated carbocycles. The van der Waals surface area contributed by atoms with E-state index >= 15 is 0 Å². The van der Waals surface area contributed by atoms with Crippen LogP contribution in [0, 0.1) is 0 Å². The van der Waals surface area contributed by atoms with Gasteiger partial charge in [-0.15, -0.1) is 10.2 Å². The van der Waals surface area contributed by atoms with Gasteiger partial charge in [-0.3, -0.25) is 4.79 Å². The molecule has 0 aliphatic carbocycles. The summed E-state index contributed by atoms with van der Waals surface area (Å²) in [5, 5.41) is 7.86. The number of benzene rings is 1. The van der Waals surface area contributed by atoms with Gasteiger partial charge in [0.15, 0.2) is 0 Å². The first-order valence-corrected chi connectivity index (χ1v) is 7.40. The van der Waals surface area contributed by atoms with E-state index in [1.54, 1.807) is 4.90 Å². The third-order valence-corrected chi connectivity index (χ3v) is 3.12. The quantitative estimate of drug-likeness (QED) is 0.785. The van der Waals surface area contributed by atoms with E-state index in [2.05, 4.69) is 10.2 Å². The second kappa shape index (κ2) is 7.57. The largest absolute Gasteiger partial charge is 0.417 e. The van der Waals surface area contributed by atoms with Gasteiger partial charge in [0.25, 0.3) is 0 Å². The molecule has 0 aliphatic rings. The van der Waals surface area contributed by atoms with E-state index in [1.165, 1.54) is 0 Å². The van der Waals surface area contributed by atoms with Crippen LogP contribution in [0.5, 0.6) is 0 Å². The maximum atomic E-state index is 12.3. The summed E-state index contributed by atoms with van der Waals surface area (Å²) in [5.74, 6) is 0.380. The monoisotopic (exact) mass is 287 g/mol. The van der Waals surface area contributed by atoms with Crippen molar-refractivity contribution >= 4 is 5.91 Å². The van der Waals surface area contributed by atoms with E-state index in [9.17, 15) is 4.79 Å². The molecule has 0 spiro atoms. The lowest BCUT2D eigenvalue weighted by molar-refractivity contribution is 0.0713. The van der Waals surface area contributed by atoms with Gasteiger partial charge >= 0.3 is 11.8 Å². The number of amides is 1. The second-order valence-corrected chi connectivity index (χ2v) is 4.96. The van der Waals surface area contributed by atoms with Crippen molar-refractivity contribution in [2.75, 3.05) is 13.1 Å². The molecule has 2 rings (SSSR count). The van der Waals surface area contributed by atoms with Crippen molar-refractivity contribution in [3.05, 3.63) is 47.7 Å². The number of hydrogen-bond acceptors (Lipinski definition) is 4. The summed E-state index contributed by atoms with van der Waals surface area (Å²) >= 11 is 0. The molecular weight excluding hydrogens is 266 g/mol. The Morgan fingerprint density at radius 2 is 1.76 bits per heavy atom. The van der Waals surface area contributed by atoms with Crippen LogP contribution in [0.1, 0.15) is 48.8 Å². The van der Waals surface area contributed by atoms with Crippen LogP contribution in [0.3, 0.4) is 0 Å². The highest BCUT2D eigenvalue weighted by atomic mass is 16.4. The predicted molar refractivity (Wildman–Crippen MR) is 80.0 cm³/mol. The van der Waals surface area contributed by atoms with Gasteiger partial charge < -0.3 is 9.32 Å². The minimum Gasteiger partial charge on any atom is -0.417 e. The molecule has 0 fully saturated rings. The summed E-state index contributed by atoms with van der Waals surface area (Å²) in [6.07, 6.45) is 2.37. The first-order valence-electron chi connectivity index (χ1n) is 7.40. The molecule has 21 heavy (non-hydrogen) atoms.